The van der Waals surface area contributed by atoms with Crippen molar-refractivity contribution in [2.45, 2.75) is 13.1 Å². The summed E-state index contributed by atoms with van der Waals surface area (Å²) < 4.78 is 14.4. The predicted octanol–water partition coefficient (Wildman–Crippen LogP) is 3.46. The standard InChI is InChI=1S/C12H15BrN3OP/c1-9-4-5-12(11(13)6-9)16-7-10(14-15-16)8-18(2,3)17/h4-7H,8H2,1-3H3. The summed E-state index contributed by atoms with van der Waals surface area (Å²) in [6.07, 6.45) is 2.31. The average molecular weight is 328 g/mol. The molecule has 1 heterocycles. The van der Waals surface area contributed by atoms with Crippen LogP contribution in [0.1, 0.15) is 11.3 Å². The van der Waals surface area contributed by atoms with Gasteiger partial charge < -0.3 is 4.57 Å². The Morgan fingerprint density at radius 3 is 2.72 bits per heavy atom. The third-order valence-corrected chi connectivity index (χ3v) is 4.15. The van der Waals surface area contributed by atoms with E-state index in [4.69, 9.17) is 0 Å². The fraction of sp³-hybridized carbons (Fsp3) is 0.333. The first-order valence-corrected chi connectivity index (χ1v) is 9.15. The van der Waals surface area contributed by atoms with Crippen LogP contribution in [-0.2, 0) is 10.7 Å². The van der Waals surface area contributed by atoms with Crippen molar-refractivity contribution in [1.29, 1.82) is 0 Å². The second kappa shape index (κ2) is 4.98. The van der Waals surface area contributed by atoms with Crippen LogP contribution in [0.4, 0.5) is 0 Å². The maximum Gasteiger partial charge on any atom is 0.0904 e. The molecule has 2 aromatic rings. The first kappa shape index (κ1) is 13.5. The van der Waals surface area contributed by atoms with Crippen LogP contribution in [0.3, 0.4) is 0 Å². The lowest BCUT2D eigenvalue weighted by molar-refractivity contribution is 0.581. The van der Waals surface area contributed by atoms with Gasteiger partial charge in [-0.2, -0.15) is 0 Å². The Hall–Kier alpha value is -0.930. The van der Waals surface area contributed by atoms with Crippen LogP contribution >= 0.6 is 23.1 Å². The highest BCUT2D eigenvalue weighted by atomic mass is 79.9. The van der Waals surface area contributed by atoms with Crippen molar-refractivity contribution < 1.29 is 4.57 Å². The van der Waals surface area contributed by atoms with E-state index < -0.39 is 7.14 Å². The first-order valence-electron chi connectivity index (χ1n) is 5.57. The number of nitrogens with zero attached hydrogens (tertiary/aromatic N) is 3. The molecule has 1 aromatic carbocycles. The predicted molar refractivity (Wildman–Crippen MR) is 77.0 cm³/mol. The molecule has 0 bridgehead atoms. The van der Waals surface area contributed by atoms with Gasteiger partial charge in [-0.25, -0.2) is 4.68 Å². The molecule has 6 heteroatoms. The van der Waals surface area contributed by atoms with Gasteiger partial charge in [0.2, 0.25) is 0 Å². The Balaban J connectivity index is 2.32. The minimum Gasteiger partial charge on any atom is -0.324 e. The highest BCUT2D eigenvalue weighted by molar-refractivity contribution is 9.10. The largest absolute Gasteiger partial charge is 0.324 e. The molecule has 0 aliphatic carbocycles. The fourth-order valence-corrected chi connectivity index (χ4v) is 3.28. The summed E-state index contributed by atoms with van der Waals surface area (Å²) in [5, 5.41) is 8.14. The SMILES string of the molecule is Cc1ccc(-n2cc(CP(C)(C)=O)nn2)c(Br)c1. The molecule has 2 rings (SSSR count). The summed E-state index contributed by atoms with van der Waals surface area (Å²) in [5.41, 5.74) is 2.87. The smallest absolute Gasteiger partial charge is 0.0904 e. The van der Waals surface area contributed by atoms with Crippen molar-refractivity contribution in [2.24, 2.45) is 0 Å². The molecule has 0 aliphatic heterocycles. The lowest BCUT2D eigenvalue weighted by Gasteiger charge is -2.04. The van der Waals surface area contributed by atoms with E-state index in [9.17, 15) is 4.57 Å². The zero-order valence-electron chi connectivity index (χ0n) is 10.6. The van der Waals surface area contributed by atoms with Crippen molar-refractivity contribution in [3.8, 4) is 5.69 Å². The van der Waals surface area contributed by atoms with Gasteiger partial charge in [0.1, 0.15) is 0 Å². The lowest BCUT2D eigenvalue weighted by Crippen LogP contribution is -1.96. The Morgan fingerprint density at radius 1 is 1.39 bits per heavy atom. The fourth-order valence-electron chi connectivity index (χ4n) is 1.68. The molecule has 0 spiro atoms. The monoisotopic (exact) mass is 327 g/mol. The van der Waals surface area contributed by atoms with Crippen LogP contribution in [0.15, 0.2) is 28.9 Å². The Morgan fingerprint density at radius 2 is 2.11 bits per heavy atom. The summed E-state index contributed by atoms with van der Waals surface area (Å²) in [7, 11) is -2.11. The van der Waals surface area contributed by atoms with E-state index in [2.05, 4.69) is 26.2 Å². The van der Waals surface area contributed by atoms with E-state index in [1.165, 1.54) is 5.56 Å². The van der Waals surface area contributed by atoms with Gasteiger partial charge in [-0.05, 0) is 53.9 Å². The van der Waals surface area contributed by atoms with Crippen molar-refractivity contribution >= 4 is 23.1 Å². The van der Waals surface area contributed by atoms with Gasteiger partial charge in [0, 0.05) is 10.6 Å². The molecule has 0 saturated heterocycles. The van der Waals surface area contributed by atoms with Crippen LogP contribution in [0, 0.1) is 6.92 Å². The van der Waals surface area contributed by atoms with E-state index in [0.717, 1.165) is 15.9 Å². The van der Waals surface area contributed by atoms with E-state index >= 15 is 0 Å². The number of rotatable bonds is 3. The molecule has 96 valence electrons. The number of hydrogen-bond donors (Lipinski definition) is 0. The summed E-state index contributed by atoms with van der Waals surface area (Å²) in [5.74, 6) is 0. The molecule has 0 amide bonds. The minimum atomic E-state index is -2.11. The van der Waals surface area contributed by atoms with Crippen LogP contribution in [-0.4, -0.2) is 28.3 Å². The topological polar surface area (TPSA) is 47.8 Å². The zero-order chi connectivity index (χ0) is 13.3. The second-order valence-corrected chi connectivity index (χ2v) is 9.16. The average Bonchev–Trinajstić information content (AvgIpc) is 2.63. The number of hydrogen-bond acceptors (Lipinski definition) is 3. The van der Waals surface area contributed by atoms with Crippen LogP contribution < -0.4 is 0 Å². The third-order valence-electron chi connectivity index (χ3n) is 2.43. The van der Waals surface area contributed by atoms with Crippen LogP contribution in [0.5, 0.6) is 0 Å². The van der Waals surface area contributed by atoms with Gasteiger partial charge in [-0.15, -0.1) is 5.10 Å². The van der Waals surface area contributed by atoms with Gasteiger partial charge in [0.15, 0.2) is 0 Å². The van der Waals surface area contributed by atoms with E-state index in [1.54, 1.807) is 18.0 Å². The van der Waals surface area contributed by atoms with E-state index in [-0.39, 0.29) is 0 Å². The summed E-state index contributed by atoms with van der Waals surface area (Å²) in [6.45, 7) is 5.55. The number of aryl methyl sites for hydroxylation is 1. The van der Waals surface area contributed by atoms with E-state index in [1.807, 2.05) is 31.3 Å². The van der Waals surface area contributed by atoms with Gasteiger partial charge in [-0.1, -0.05) is 11.3 Å². The quantitative estimate of drug-likeness (QED) is 0.811. The van der Waals surface area contributed by atoms with E-state index in [0.29, 0.717) is 6.16 Å². The van der Waals surface area contributed by atoms with Gasteiger partial charge in [0.05, 0.1) is 24.7 Å². The maximum atomic E-state index is 11.8. The molecule has 1 aromatic heterocycles. The molecule has 0 fully saturated rings. The summed E-state index contributed by atoms with van der Waals surface area (Å²) in [4.78, 5) is 0. The van der Waals surface area contributed by atoms with Crippen molar-refractivity contribution in [1.82, 2.24) is 15.0 Å². The highest BCUT2D eigenvalue weighted by Gasteiger charge is 2.13. The Bertz CT molecular complexity index is 618. The molecule has 0 atom stereocenters. The minimum absolute atomic E-state index is 0.483. The number of aromatic nitrogens is 3. The summed E-state index contributed by atoms with van der Waals surface area (Å²) in [6, 6.07) is 6.03. The van der Waals surface area contributed by atoms with Gasteiger partial charge in [-0.3, -0.25) is 0 Å². The number of benzene rings is 1. The third kappa shape index (κ3) is 3.30. The highest BCUT2D eigenvalue weighted by Crippen LogP contribution is 2.39. The van der Waals surface area contributed by atoms with Gasteiger partial charge in [0.25, 0.3) is 0 Å². The number of halogens is 1. The van der Waals surface area contributed by atoms with Gasteiger partial charge >= 0.3 is 0 Å². The van der Waals surface area contributed by atoms with Crippen LogP contribution in [0.2, 0.25) is 0 Å². The second-order valence-electron chi connectivity index (χ2n) is 4.84. The Kier molecular flexibility index (Phi) is 3.74. The molecular weight excluding hydrogens is 313 g/mol. The first-order chi connectivity index (χ1) is 8.35. The van der Waals surface area contributed by atoms with Crippen molar-refractivity contribution in [3.63, 3.8) is 0 Å². The van der Waals surface area contributed by atoms with Crippen molar-refractivity contribution in [3.05, 3.63) is 40.1 Å². The molecule has 18 heavy (non-hydrogen) atoms. The molecule has 0 radical (unpaired) electrons. The Labute approximate surface area is 115 Å². The molecule has 0 N–H and O–H groups in total. The summed E-state index contributed by atoms with van der Waals surface area (Å²) >= 11 is 3.51. The normalized spacial score (nSPS) is 11.8. The lowest BCUT2D eigenvalue weighted by atomic mass is 10.2. The van der Waals surface area contributed by atoms with Crippen LogP contribution in [0.25, 0.3) is 5.69 Å². The van der Waals surface area contributed by atoms with Crippen molar-refractivity contribution in [2.75, 3.05) is 13.3 Å². The molecular formula is C12H15BrN3OP. The maximum absolute atomic E-state index is 11.8. The molecule has 0 aliphatic rings. The molecule has 0 unspecified atom stereocenters. The molecule has 0 saturated carbocycles. The molecule has 4 nitrogen and oxygen atoms in total. The zero-order valence-corrected chi connectivity index (χ0v) is 13.1.